The second kappa shape index (κ2) is 7.98. The van der Waals surface area contributed by atoms with Crippen LogP contribution in [0.25, 0.3) is 5.69 Å². The van der Waals surface area contributed by atoms with Crippen molar-refractivity contribution in [2.45, 2.75) is 32.2 Å². The number of aromatic nitrogens is 1. The van der Waals surface area contributed by atoms with Crippen LogP contribution in [0.1, 0.15) is 23.9 Å². The standard InChI is InChI=1S/C21H24N2O3S/c1-4-26-20-10-12-21(13-11-20)27(24,25)22-15-18-14-16(2)23(17(18)3)19-8-6-5-7-9-19/h5-14,22H,4,15H2,1-3H3. The molecule has 0 fully saturated rings. The summed E-state index contributed by atoms with van der Waals surface area (Å²) in [4.78, 5) is 0.225. The lowest BCUT2D eigenvalue weighted by atomic mass is 10.2. The van der Waals surface area contributed by atoms with Gasteiger partial charge in [0.15, 0.2) is 0 Å². The average Bonchev–Trinajstić information content (AvgIpc) is 2.95. The number of sulfonamides is 1. The minimum Gasteiger partial charge on any atom is -0.494 e. The smallest absolute Gasteiger partial charge is 0.240 e. The van der Waals surface area contributed by atoms with E-state index in [9.17, 15) is 8.42 Å². The van der Waals surface area contributed by atoms with Crippen LogP contribution in [0.2, 0.25) is 0 Å². The number of aryl methyl sites for hydroxylation is 1. The summed E-state index contributed by atoms with van der Waals surface area (Å²) in [5.74, 6) is 0.655. The Kier molecular flexibility index (Phi) is 5.68. The summed E-state index contributed by atoms with van der Waals surface area (Å²) in [6.07, 6.45) is 0. The maximum atomic E-state index is 12.6. The number of rotatable bonds is 7. The fourth-order valence-electron chi connectivity index (χ4n) is 3.12. The molecule has 0 radical (unpaired) electrons. The second-order valence-electron chi connectivity index (χ2n) is 6.30. The Morgan fingerprint density at radius 1 is 1.00 bits per heavy atom. The molecule has 0 saturated heterocycles. The van der Waals surface area contributed by atoms with Gasteiger partial charge < -0.3 is 9.30 Å². The molecule has 0 aliphatic carbocycles. The highest BCUT2D eigenvalue weighted by Gasteiger charge is 2.16. The zero-order chi connectivity index (χ0) is 19.4. The fraction of sp³-hybridized carbons (Fsp3) is 0.238. The molecule has 0 aliphatic heterocycles. The van der Waals surface area contributed by atoms with Crippen molar-refractivity contribution in [3.63, 3.8) is 0 Å². The first-order chi connectivity index (χ1) is 12.9. The van der Waals surface area contributed by atoms with E-state index in [4.69, 9.17) is 4.74 Å². The van der Waals surface area contributed by atoms with Crippen LogP contribution in [0.5, 0.6) is 5.75 Å². The molecule has 1 heterocycles. The Morgan fingerprint density at radius 2 is 1.67 bits per heavy atom. The first-order valence-corrected chi connectivity index (χ1v) is 10.4. The normalized spacial score (nSPS) is 11.5. The number of benzene rings is 2. The molecule has 27 heavy (non-hydrogen) atoms. The van der Waals surface area contributed by atoms with Gasteiger partial charge in [-0.15, -0.1) is 0 Å². The third-order valence-electron chi connectivity index (χ3n) is 4.45. The monoisotopic (exact) mass is 384 g/mol. The van der Waals surface area contributed by atoms with Gasteiger partial charge in [0.25, 0.3) is 0 Å². The van der Waals surface area contributed by atoms with Crippen molar-refractivity contribution in [1.82, 2.24) is 9.29 Å². The molecule has 6 heteroatoms. The number of ether oxygens (including phenoxy) is 1. The van der Waals surface area contributed by atoms with Crippen LogP contribution in [0.4, 0.5) is 0 Å². The Hall–Kier alpha value is -2.57. The minimum atomic E-state index is -3.59. The van der Waals surface area contributed by atoms with Crippen molar-refractivity contribution in [1.29, 1.82) is 0 Å². The topological polar surface area (TPSA) is 60.3 Å². The third kappa shape index (κ3) is 4.23. The molecule has 0 bridgehead atoms. The molecule has 1 N–H and O–H groups in total. The van der Waals surface area contributed by atoms with Gasteiger partial charge in [-0.2, -0.15) is 0 Å². The van der Waals surface area contributed by atoms with Crippen molar-refractivity contribution < 1.29 is 13.2 Å². The van der Waals surface area contributed by atoms with E-state index in [1.165, 1.54) is 0 Å². The van der Waals surface area contributed by atoms with Crippen LogP contribution in [-0.2, 0) is 16.6 Å². The minimum absolute atomic E-state index is 0.225. The summed E-state index contributed by atoms with van der Waals surface area (Å²) < 4.78 is 35.4. The van der Waals surface area contributed by atoms with Gasteiger partial charge in [0.1, 0.15) is 5.75 Å². The van der Waals surface area contributed by atoms with Crippen LogP contribution < -0.4 is 9.46 Å². The lowest BCUT2D eigenvalue weighted by Crippen LogP contribution is -2.23. The molecule has 3 aromatic rings. The Balaban J connectivity index is 1.78. The van der Waals surface area contributed by atoms with Gasteiger partial charge in [0.2, 0.25) is 10.0 Å². The van der Waals surface area contributed by atoms with Crippen LogP contribution in [0, 0.1) is 13.8 Å². The lowest BCUT2D eigenvalue weighted by molar-refractivity contribution is 0.340. The predicted molar refractivity (Wildman–Crippen MR) is 107 cm³/mol. The molecule has 0 saturated carbocycles. The predicted octanol–water partition coefficient (Wildman–Crippen LogP) is 3.97. The quantitative estimate of drug-likeness (QED) is 0.670. The number of hydrogen-bond acceptors (Lipinski definition) is 3. The number of hydrogen-bond donors (Lipinski definition) is 1. The second-order valence-corrected chi connectivity index (χ2v) is 8.06. The van der Waals surface area contributed by atoms with E-state index in [1.54, 1.807) is 24.3 Å². The fourth-order valence-corrected chi connectivity index (χ4v) is 4.13. The van der Waals surface area contributed by atoms with Gasteiger partial charge >= 0.3 is 0 Å². The summed E-state index contributed by atoms with van der Waals surface area (Å²) in [5.41, 5.74) is 4.10. The van der Waals surface area contributed by atoms with Gasteiger partial charge in [0, 0.05) is 23.6 Å². The van der Waals surface area contributed by atoms with Gasteiger partial charge in [-0.25, -0.2) is 13.1 Å². The van der Waals surface area contributed by atoms with Crippen LogP contribution in [0.15, 0.2) is 65.6 Å². The van der Waals surface area contributed by atoms with Gasteiger partial charge in [-0.1, -0.05) is 18.2 Å². The van der Waals surface area contributed by atoms with E-state index in [2.05, 4.69) is 9.29 Å². The van der Waals surface area contributed by atoms with Gasteiger partial charge in [0.05, 0.1) is 11.5 Å². The summed E-state index contributed by atoms with van der Waals surface area (Å²) in [5, 5.41) is 0. The van der Waals surface area contributed by atoms with Crippen molar-refractivity contribution >= 4 is 10.0 Å². The molecule has 1 aromatic heterocycles. The molecule has 0 unspecified atom stereocenters. The zero-order valence-electron chi connectivity index (χ0n) is 15.8. The zero-order valence-corrected chi connectivity index (χ0v) is 16.6. The molecule has 0 atom stereocenters. The molecule has 3 rings (SSSR count). The Labute approximate surface area is 160 Å². The van der Waals surface area contributed by atoms with E-state index in [1.807, 2.05) is 57.2 Å². The highest BCUT2D eigenvalue weighted by Crippen LogP contribution is 2.21. The molecule has 5 nitrogen and oxygen atoms in total. The average molecular weight is 385 g/mol. The summed E-state index contributed by atoms with van der Waals surface area (Å²) in [6, 6.07) is 18.5. The number of nitrogens with one attached hydrogen (secondary N) is 1. The molecule has 0 amide bonds. The molecular formula is C21H24N2O3S. The maximum absolute atomic E-state index is 12.6. The molecule has 2 aromatic carbocycles. The first-order valence-electron chi connectivity index (χ1n) is 8.88. The highest BCUT2D eigenvalue weighted by atomic mass is 32.2. The lowest BCUT2D eigenvalue weighted by Gasteiger charge is -2.11. The van der Waals surface area contributed by atoms with Crippen molar-refractivity contribution in [3.8, 4) is 11.4 Å². The number of nitrogens with zero attached hydrogens (tertiary/aromatic N) is 1. The van der Waals surface area contributed by atoms with Crippen molar-refractivity contribution in [2.75, 3.05) is 6.61 Å². The SMILES string of the molecule is CCOc1ccc(S(=O)(=O)NCc2cc(C)n(-c3ccccc3)c2C)cc1. The highest BCUT2D eigenvalue weighted by molar-refractivity contribution is 7.89. The van der Waals surface area contributed by atoms with E-state index < -0.39 is 10.0 Å². The Morgan fingerprint density at radius 3 is 2.30 bits per heavy atom. The third-order valence-corrected chi connectivity index (χ3v) is 5.87. The van der Waals surface area contributed by atoms with Crippen molar-refractivity contribution in [3.05, 3.63) is 77.6 Å². The van der Waals surface area contributed by atoms with Crippen LogP contribution >= 0.6 is 0 Å². The summed E-state index contributed by atoms with van der Waals surface area (Å²) in [7, 11) is -3.59. The molecular weight excluding hydrogens is 360 g/mol. The molecule has 0 spiro atoms. The maximum Gasteiger partial charge on any atom is 0.240 e. The first kappa shape index (κ1) is 19.2. The number of para-hydroxylation sites is 1. The van der Waals surface area contributed by atoms with Crippen LogP contribution in [-0.4, -0.2) is 19.6 Å². The summed E-state index contributed by atoms with van der Waals surface area (Å²) in [6.45, 7) is 6.69. The van der Waals surface area contributed by atoms with E-state index >= 15 is 0 Å². The molecule has 142 valence electrons. The van der Waals surface area contributed by atoms with Gasteiger partial charge in [-0.3, -0.25) is 0 Å². The molecule has 0 aliphatic rings. The largest absolute Gasteiger partial charge is 0.494 e. The summed E-state index contributed by atoms with van der Waals surface area (Å²) >= 11 is 0. The van der Waals surface area contributed by atoms with E-state index in [0.717, 1.165) is 22.6 Å². The van der Waals surface area contributed by atoms with Crippen LogP contribution in [0.3, 0.4) is 0 Å². The van der Waals surface area contributed by atoms with E-state index in [0.29, 0.717) is 12.4 Å². The van der Waals surface area contributed by atoms with Crippen molar-refractivity contribution in [2.24, 2.45) is 0 Å². The van der Waals surface area contributed by atoms with E-state index in [-0.39, 0.29) is 11.4 Å². The Bertz CT molecular complexity index is 1010. The van der Waals surface area contributed by atoms with Gasteiger partial charge in [-0.05, 0) is 68.8 Å².